The number of rotatable bonds is 9. The van der Waals surface area contributed by atoms with Crippen molar-refractivity contribution in [3.63, 3.8) is 0 Å². The van der Waals surface area contributed by atoms with Gasteiger partial charge in [0.15, 0.2) is 0 Å². The van der Waals surface area contributed by atoms with Gasteiger partial charge in [-0.3, -0.25) is 9.59 Å². The van der Waals surface area contributed by atoms with Gasteiger partial charge in [-0.15, -0.1) is 0 Å². The molecular formula is C19H26N4O5. The van der Waals surface area contributed by atoms with E-state index in [0.717, 1.165) is 16.5 Å². The number of carboxylic acid groups (broad SMARTS) is 1. The molecule has 0 aliphatic heterocycles. The van der Waals surface area contributed by atoms with Crippen LogP contribution in [0.5, 0.6) is 0 Å². The van der Waals surface area contributed by atoms with E-state index in [4.69, 9.17) is 10.8 Å². The van der Waals surface area contributed by atoms with Gasteiger partial charge in [0.1, 0.15) is 12.1 Å². The summed E-state index contributed by atoms with van der Waals surface area (Å²) < 4.78 is 0. The normalized spacial score (nSPS) is 14.5. The first kappa shape index (κ1) is 21.4. The summed E-state index contributed by atoms with van der Waals surface area (Å²) in [6, 6.07) is 4.23. The highest BCUT2D eigenvalue weighted by atomic mass is 16.4. The number of aliphatic carboxylic acids is 1. The average Bonchev–Trinajstić information content (AvgIpc) is 3.06. The number of carbonyl (C=O) groups excluding carboxylic acids is 2. The lowest BCUT2D eigenvalue weighted by molar-refractivity contribution is -0.143. The molecular weight excluding hydrogens is 364 g/mol. The maximum Gasteiger partial charge on any atom is 0.326 e. The molecule has 9 heteroatoms. The lowest BCUT2D eigenvalue weighted by Crippen LogP contribution is -2.56. The van der Waals surface area contributed by atoms with Crippen molar-refractivity contribution >= 4 is 28.7 Å². The highest BCUT2D eigenvalue weighted by molar-refractivity contribution is 5.92. The third-order valence-corrected chi connectivity index (χ3v) is 4.50. The molecule has 3 atom stereocenters. The van der Waals surface area contributed by atoms with E-state index in [9.17, 15) is 19.5 Å². The fourth-order valence-corrected chi connectivity index (χ4v) is 2.87. The zero-order valence-corrected chi connectivity index (χ0v) is 15.8. The number of carboxylic acids is 1. The molecule has 28 heavy (non-hydrogen) atoms. The van der Waals surface area contributed by atoms with Crippen LogP contribution in [-0.4, -0.2) is 57.7 Å². The molecule has 1 aromatic heterocycles. The minimum atomic E-state index is -1.29. The second kappa shape index (κ2) is 9.34. The van der Waals surface area contributed by atoms with E-state index in [0.29, 0.717) is 0 Å². The fraction of sp³-hybridized carbons (Fsp3) is 0.421. The number of aliphatic hydroxyl groups is 1. The van der Waals surface area contributed by atoms with Gasteiger partial charge < -0.3 is 31.6 Å². The monoisotopic (exact) mass is 390 g/mol. The molecule has 1 heterocycles. The number of fused-ring (bicyclic) bond motifs is 1. The number of aliphatic hydroxyl groups excluding tert-OH is 1. The van der Waals surface area contributed by atoms with E-state index in [1.807, 2.05) is 24.3 Å². The number of para-hydroxylation sites is 1. The minimum Gasteiger partial charge on any atom is -0.480 e. The Balaban J connectivity index is 2.00. The highest BCUT2D eigenvalue weighted by Gasteiger charge is 2.29. The van der Waals surface area contributed by atoms with E-state index in [-0.39, 0.29) is 12.3 Å². The Kier molecular flexibility index (Phi) is 7.13. The van der Waals surface area contributed by atoms with Gasteiger partial charge in [-0.2, -0.15) is 0 Å². The zero-order valence-electron chi connectivity index (χ0n) is 15.8. The van der Waals surface area contributed by atoms with Crippen molar-refractivity contribution in [1.29, 1.82) is 0 Å². The summed E-state index contributed by atoms with van der Waals surface area (Å²) in [5.74, 6) is -2.95. The zero-order chi connectivity index (χ0) is 20.8. The van der Waals surface area contributed by atoms with Crippen LogP contribution in [0, 0.1) is 5.92 Å². The molecule has 1 aromatic carbocycles. The Morgan fingerprint density at radius 3 is 2.43 bits per heavy atom. The van der Waals surface area contributed by atoms with E-state index in [2.05, 4.69) is 15.6 Å². The van der Waals surface area contributed by atoms with Crippen molar-refractivity contribution in [3.05, 3.63) is 36.0 Å². The number of carbonyl (C=O) groups is 3. The maximum atomic E-state index is 12.4. The van der Waals surface area contributed by atoms with Crippen LogP contribution in [0.15, 0.2) is 30.5 Å². The van der Waals surface area contributed by atoms with Crippen molar-refractivity contribution < 1.29 is 24.6 Å². The van der Waals surface area contributed by atoms with Gasteiger partial charge in [0.2, 0.25) is 11.8 Å². The molecule has 9 nitrogen and oxygen atoms in total. The van der Waals surface area contributed by atoms with Gasteiger partial charge in [0.05, 0.1) is 12.6 Å². The third kappa shape index (κ3) is 5.08. The average molecular weight is 390 g/mol. The first-order valence-electron chi connectivity index (χ1n) is 8.99. The number of hydrogen-bond acceptors (Lipinski definition) is 5. The summed E-state index contributed by atoms with van der Waals surface area (Å²) in [6.45, 7) is 2.60. The maximum absolute atomic E-state index is 12.4. The summed E-state index contributed by atoms with van der Waals surface area (Å²) in [4.78, 5) is 38.9. The first-order valence-corrected chi connectivity index (χ1v) is 8.99. The fourth-order valence-electron chi connectivity index (χ4n) is 2.87. The molecule has 7 N–H and O–H groups in total. The van der Waals surface area contributed by atoms with Gasteiger partial charge in [-0.25, -0.2) is 4.79 Å². The number of hydrogen-bond donors (Lipinski definition) is 6. The Morgan fingerprint density at radius 2 is 1.82 bits per heavy atom. The quantitative estimate of drug-likeness (QED) is 0.346. The van der Waals surface area contributed by atoms with Crippen LogP contribution in [0.25, 0.3) is 10.9 Å². The van der Waals surface area contributed by atoms with E-state index < -0.39 is 42.5 Å². The number of aromatic amines is 1. The number of amides is 2. The van der Waals surface area contributed by atoms with Gasteiger partial charge in [-0.05, 0) is 24.0 Å². The summed E-state index contributed by atoms with van der Waals surface area (Å²) in [5, 5.41) is 24.3. The Morgan fingerprint density at radius 1 is 1.14 bits per heavy atom. The standard InChI is InChI=1S/C19H26N4O5/c1-10(2)16(19(27)28)23-18(26)15(9-24)22-17(25)13(20)7-11-8-21-14-6-4-3-5-12(11)14/h3-6,8,10,13,15-16,21,24H,7,9,20H2,1-2H3,(H,22,25)(H,23,26)(H,27,28). The smallest absolute Gasteiger partial charge is 0.326 e. The molecule has 3 unspecified atom stereocenters. The number of nitrogens with one attached hydrogen (secondary N) is 3. The van der Waals surface area contributed by atoms with Crippen molar-refractivity contribution in [3.8, 4) is 0 Å². The largest absolute Gasteiger partial charge is 0.480 e. The van der Waals surface area contributed by atoms with Crippen molar-refractivity contribution in [2.24, 2.45) is 11.7 Å². The summed E-state index contributed by atoms with van der Waals surface area (Å²) in [7, 11) is 0. The molecule has 0 radical (unpaired) electrons. The van der Waals surface area contributed by atoms with Crippen LogP contribution < -0.4 is 16.4 Å². The molecule has 0 spiro atoms. The number of nitrogens with two attached hydrogens (primary N) is 1. The van der Waals surface area contributed by atoms with E-state index in [1.54, 1.807) is 20.0 Å². The molecule has 0 aliphatic carbocycles. The molecule has 0 saturated carbocycles. The van der Waals surface area contributed by atoms with Crippen LogP contribution in [0.2, 0.25) is 0 Å². The van der Waals surface area contributed by atoms with Gasteiger partial charge >= 0.3 is 5.97 Å². The third-order valence-electron chi connectivity index (χ3n) is 4.50. The van der Waals surface area contributed by atoms with E-state index >= 15 is 0 Å². The number of H-pyrrole nitrogens is 1. The van der Waals surface area contributed by atoms with Crippen LogP contribution in [0.4, 0.5) is 0 Å². The number of aromatic nitrogens is 1. The van der Waals surface area contributed by atoms with Crippen molar-refractivity contribution in [2.75, 3.05) is 6.61 Å². The Bertz CT molecular complexity index is 848. The lowest BCUT2D eigenvalue weighted by Gasteiger charge is -2.23. The second-order valence-electron chi connectivity index (χ2n) is 6.98. The van der Waals surface area contributed by atoms with Crippen molar-refractivity contribution in [1.82, 2.24) is 15.6 Å². The highest BCUT2D eigenvalue weighted by Crippen LogP contribution is 2.18. The van der Waals surface area contributed by atoms with Crippen LogP contribution in [-0.2, 0) is 20.8 Å². The van der Waals surface area contributed by atoms with Crippen LogP contribution in [0.3, 0.4) is 0 Å². The summed E-state index contributed by atoms with van der Waals surface area (Å²) in [5.41, 5.74) is 7.74. The van der Waals surface area contributed by atoms with Crippen molar-refractivity contribution in [2.45, 2.75) is 38.4 Å². The minimum absolute atomic E-state index is 0.235. The molecule has 2 amide bonds. The van der Waals surface area contributed by atoms with Crippen LogP contribution >= 0.6 is 0 Å². The predicted molar refractivity (Wildman–Crippen MR) is 103 cm³/mol. The first-order chi connectivity index (χ1) is 13.2. The van der Waals surface area contributed by atoms with Gasteiger partial charge in [0.25, 0.3) is 0 Å². The molecule has 0 saturated heterocycles. The van der Waals surface area contributed by atoms with Gasteiger partial charge in [-0.1, -0.05) is 32.0 Å². The molecule has 152 valence electrons. The van der Waals surface area contributed by atoms with Crippen LogP contribution in [0.1, 0.15) is 19.4 Å². The Hall–Kier alpha value is -2.91. The molecule has 0 fully saturated rings. The lowest BCUT2D eigenvalue weighted by atomic mass is 10.0. The molecule has 2 aromatic rings. The number of benzene rings is 1. The van der Waals surface area contributed by atoms with Gasteiger partial charge in [0, 0.05) is 17.1 Å². The summed E-state index contributed by atoms with van der Waals surface area (Å²) in [6.07, 6.45) is 2.01. The molecule has 2 rings (SSSR count). The Labute approximate surface area is 162 Å². The molecule has 0 bridgehead atoms. The predicted octanol–water partition coefficient (Wildman–Crippen LogP) is -0.260. The second-order valence-corrected chi connectivity index (χ2v) is 6.98. The summed E-state index contributed by atoms with van der Waals surface area (Å²) >= 11 is 0. The molecule has 0 aliphatic rings. The van der Waals surface area contributed by atoms with E-state index in [1.165, 1.54) is 0 Å². The topological polar surface area (TPSA) is 158 Å². The SMILES string of the molecule is CC(C)C(NC(=O)C(CO)NC(=O)C(N)Cc1c[nH]c2ccccc12)C(=O)O.